The molecule has 5 heteroatoms. The summed E-state index contributed by atoms with van der Waals surface area (Å²) in [5.41, 5.74) is 0. The van der Waals surface area contributed by atoms with Gasteiger partial charge in [-0.05, 0) is 18.8 Å². The van der Waals surface area contributed by atoms with Gasteiger partial charge in [-0.1, -0.05) is 19.8 Å². The number of halogens is 1. The van der Waals surface area contributed by atoms with E-state index in [2.05, 4.69) is 27.5 Å². The van der Waals surface area contributed by atoms with Crippen molar-refractivity contribution in [1.29, 1.82) is 0 Å². The SMILES string of the molecule is CCC(CC1CC1)Nc1nc(NC)ncc1F. The maximum Gasteiger partial charge on any atom is 0.224 e. The van der Waals surface area contributed by atoms with Crippen molar-refractivity contribution in [3.8, 4) is 0 Å². The lowest BCUT2D eigenvalue weighted by Gasteiger charge is -2.17. The summed E-state index contributed by atoms with van der Waals surface area (Å²) in [6.45, 7) is 2.11. The molecule has 1 unspecified atom stereocenters. The topological polar surface area (TPSA) is 49.8 Å². The van der Waals surface area contributed by atoms with E-state index in [1.807, 2.05) is 0 Å². The molecule has 1 atom stereocenters. The van der Waals surface area contributed by atoms with E-state index in [0.29, 0.717) is 17.8 Å². The maximum atomic E-state index is 13.5. The van der Waals surface area contributed by atoms with Gasteiger partial charge in [-0.3, -0.25) is 0 Å². The standard InChI is InChI=1S/C12H19FN4/c1-3-9(6-8-4-5-8)16-11-10(13)7-15-12(14-2)17-11/h7-9H,3-6H2,1-2H3,(H2,14,15,16,17). The number of anilines is 2. The van der Waals surface area contributed by atoms with Gasteiger partial charge in [0.2, 0.25) is 5.95 Å². The predicted molar refractivity (Wildman–Crippen MR) is 66.6 cm³/mol. The minimum atomic E-state index is -0.391. The van der Waals surface area contributed by atoms with Crippen LogP contribution < -0.4 is 10.6 Å². The predicted octanol–water partition coefficient (Wildman–Crippen LogP) is 2.65. The molecule has 0 saturated heterocycles. The van der Waals surface area contributed by atoms with E-state index < -0.39 is 5.82 Å². The summed E-state index contributed by atoms with van der Waals surface area (Å²) in [6, 6.07) is 0.302. The van der Waals surface area contributed by atoms with E-state index in [1.54, 1.807) is 7.05 Å². The molecule has 2 rings (SSSR count). The smallest absolute Gasteiger partial charge is 0.224 e. The molecule has 0 spiro atoms. The van der Waals surface area contributed by atoms with Crippen LogP contribution in [0.2, 0.25) is 0 Å². The van der Waals surface area contributed by atoms with E-state index in [9.17, 15) is 4.39 Å². The van der Waals surface area contributed by atoms with Crippen molar-refractivity contribution in [1.82, 2.24) is 9.97 Å². The monoisotopic (exact) mass is 238 g/mol. The quantitative estimate of drug-likeness (QED) is 0.800. The molecule has 0 aliphatic heterocycles. The summed E-state index contributed by atoms with van der Waals surface area (Å²) in [5, 5.41) is 5.99. The van der Waals surface area contributed by atoms with Crippen molar-refractivity contribution in [3.05, 3.63) is 12.0 Å². The van der Waals surface area contributed by atoms with Crippen molar-refractivity contribution in [2.75, 3.05) is 17.7 Å². The second-order valence-electron chi connectivity index (χ2n) is 4.57. The van der Waals surface area contributed by atoms with E-state index >= 15 is 0 Å². The molecule has 0 bridgehead atoms. The van der Waals surface area contributed by atoms with Gasteiger partial charge in [0.05, 0.1) is 6.20 Å². The first-order chi connectivity index (χ1) is 8.22. The Labute approximate surface area is 101 Å². The van der Waals surface area contributed by atoms with E-state index in [0.717, 1.165) is 18.8 Å². The Morgan fingerprint density at radius 2 is 2.29 bits per heavy atom. The molecule has 1 aliphatic rings. The first-order valence-corrected chi connectivity index (χ1v) is 6.19. The van der Waals surface area contributed by atoms with Gasteiger partial charge < -0.3 is 10.6 Å². The first kappa shape index (κ1) is 12.1. The molecule has 1 saturated carbocycles. The van der Waals surface area contributed by atoms with Gasteiger partial charge in [-0.15, -0.1) is 0 Å². The van der Waals surface area contributed by atoms with Crippen LogP contribution >= 0.6 is 0 Å². The zero-order valence-corrected chi connectivity index (χ0v) is 10.3. The Balaban J connectivity index is 2.03. The van der Waals surface area contributed by atoms with Crippen molar-refractivity contribution in [2.24, 2.45) is 5.92 Å². The summed E-state index contributed by atoms with van der Waals surface area (Å²) in [5.74, 6) is 1.17. The molecule has 4 nitrogen and oxygen atoms in total. The fourth-order valence-electron chi connectivity index (χ4n) is 1.87. The first-order valence-electron chi connectivity index (χ1n) is 6.19. The molecule has 1 aliphatic carbocycles. The zero-order valence-electron chi connectivity index (χ0n) is 10.3. The third kappa shape index (κ3) is 3.28. The van der Waals surface area contributed by atoms with Crippen LogP contribution in [0.4, 0.5) is 16.2 Å². The van der Waals surface area contributed by atoms with Gasteiger partial charge in [-0.25, -0.2) is 9.37 Å². The Kier molecular flexibility index (Phi) is 3.76. The summed E-state index contributed by atoms with van der Waals surface area (Å²) in [7, 11) is 1.72. The van der Waals surface area contributed by atoms with Crippen LogP contribution in [0.5, 0.6) is 0 Å². The summed E-state index contributed by atoms with van der Waals surface area (Å²) in [4.78, 5) is 7.92. The molecule has 17 heavy (non-hydrogen) atoms. The molecule has 0 aromatic carbocycles. The second-order valence-corrected chi connectivity index (χ2v) is 4.57. The molecule has 2 N–H and O–H groups in total. The summed E-state index contributed by atoms with van der Waals surface area (Å²) >= 11 is 0. The molecule has 0 radical (unpaired) electrons. The lowest BCUT2D eigenvalue weighted by molar-refractivity contribution is 0.569. The third-order valence-corrected chi connectivity index (χ3v) is 3.12. The van der Waals surface area contributed by atoms with Gasteiger partial charge in [0, 0.05) is 13.1 Å². The number of aromatic nitrogens is 2. The molecular weight excluding hydrogens is 219 g/mol. The number of hydrogen-bond donors (Lipinski definition) is 2. The number of rotatable bonds is 6. The average Bonchev–Trinajstić information content (AvgIpc) is 3.14. The molecule has 1 aromatic rings. The molecule has 1 heterocycles. The minimum absolute atomic E-state index is 0.302. The fraction of sp³-hybridized carbons (Fsp3) is 0.667. The Morgan fingerprint density at radius 3 is 2.88 bits per heavy atom. The average molecular weight is 238 g/mol. The van der Waals surface area contributed by atoms with Crippen LogP contribution in [-0.2, 0) is 0 Å². The van der Waals surface area contributed by atoms with Crippen LogP contribution in [0, 0.1) is 11.7 Å². The lowest BCUT2D eigenvalue weighted by Crippen LogP contribution is -2.21. The van der Waals surface area contributed by atoms with Crippen molar-refractivity contribution in [2.45, 2.75) is 38.6 Å². The van der Waals surface area contributed by atoms with Crippen LogP contribution in [0.1, 0.15) is 32.6 Å². The highest BCUT2D eigenvalue weighted by Gasteiger charge is 2.25. The van der Waals surface area contributed by atoms with Crippen LogP contribution in [-0.4, -0.2) is 23.1 Å². The van der Waals surface area contributed by atoms with Crippen LogP contribution in [0.25, 0.3) is 0 Å². The minimum Gasteiger partial charge on any atom is -0.365 e. The van der Waals surface area contributed by atoms with Gasteiger partial charge in [0.1, 0.15) is 0 Å². The second kappa shape index (κ2) is 5.29. The van der Waals surface area contributed by atoms with E-state index in [-0.39, 0.29) is 0 Å². The molecule has 0 amide bonds. The van der Waals surface area contributed by atoms with Crippen LogP contribution in [0.3, 0.4) is 0 Å². The highest BCUT2D eigenvalue weighted by Crippen LogP contribution is 2.34. The van der Waals surface area contributed by atoms with Crippen molar-refractivity contribution >= 4 is 11.8 Å². The summed E-state index contributed by atoms with van der Waals surface area (Å²) < 4.78 is 13.5. The van der Waals surface area contributed by atoms with E-state index in [1.165, 1.54) is 19.0 Å². The highest BCUT2D eigenvalue weighted by atomic mass is 19.1. The van der Waals surface area contributed by atoms with E-state index in [4.69, 9.17) is 0 Å². The molecular formula is C12H19FN4. The van der Waals surface area contributed by atoms with Crippen LogP contribution in [0.15, 0.2) is 6.20 Å². The van der Waals surface area contributed by atoms with Crippen molar-refractivity contribution < 1.29 is 4.39 Å². The summed E-state index contributed by atoms with van der Waals surface area (Å²) in [6.07, 6.45) is 5.91. The Bertz CT molecular complexity index is 379. The molecule has 1 fully saturated rings. The van der Waals surface area contributed by atoms with Crippen molar-refractivity contribution in [3.63, 3.8) is 0 Å². The highest BCUT2D eigenvalue weighted by molar-refractivity contribution is 5.41. The lowest BCUT2D eigenvalue weighted by atomic mass is 10.1. The van der Waals surface area contributed by atoms with Gasteiger partial charge >= 0.3 is 0 Å². The number of hydrogen-bond acceptors (Lipinski definition) is 4. The normalized spacial score (nSPS) is 16.6. The molecule has 1 aromatic heterocycles. The molecule has 94 valence electrons. The van der Waals surface area contributed by atoms with Gasteiger partial charge in [-0.2, -0.15) is 4.98 Å². The number of nitrogens with zero attached hydrogens (tertiary/aromatic N) is 2. The Hall–Kier alpha value is -1.39. The van der Waals surface area contributed by atoms with Gasteiger partial charge in [0.25, 0.3) is 0 Å². The Morgan fingerprint density at radius 1 is 1.53 bits per heavy atom. The fourth-order valence-corrected chi connectivity index (χ4v) is 1.87. The number of nitrogens with one attached hydrogen (secondary N) is 2. The van der Waals surface area contributed by atoms with Gasteiger partial charge in [0.15, 0.2) is 11.6 Å². The zero-order chi connectivity index (χ0) is 12.3. The maximum absolute atomic E-state index is 13.5. The largest absolute Gasteiger partial charge is 0.365 e. The third-order valence-electron chi connectivity index (χ3n) is 3.12.